The van der Waals surface area contributed by atoms with Crippen molar-refractivity contribution in [2.24, 2.45) is 11.3 Å². The fourth-order valence-corrected chi connectivity index (χ4v) is 2.76. The summed E-state index contributed by atoms with van der Waals surface area (Å²) in [5, 5.41) is 11.6. The molecule has 0 aromatic carbocycles. The van der Waals surface area contributed by atoms with Crippen LogP contribution in [0.1, 0.15) is 73.1 Å². The van der Waals surface area contributed by atoms with Crippen molar-refractivity contribution in [1.29, 1.82) is 0 Å². The Balaban J connectivity index is -0.000000484. The third kappa shape index (κ3) is 18.1. The highest BCUT2D eigenvalue weighted by Gasteiger charge is 2.36. The second-order valence-corrected chi connectivity index (χ2v) is 7.35. The number of rotatable bonds is 7. The van der Waals surface area contributed by atoms with Gasteiger partial charge in [0, 0.05) is 13.7 Å². The van der Waals surface area contributed by atoms with E-state index in [1.54, 1.807) is 13.4 Å². The van der Waals surface area contributed by atoms with Crippen molar-refractivity contribution in [1.82, 2.24) is 5.32 Å². The Morgan fingerprint density at radius 2 is 1.74 bits per heavy atom. The van der Waals surface area contributed by atoms with Gasteiger partial charge in [-0.1, -0.05) is 19.9 Å². The maximum atomic E-state index is 10.9. The van der Waals surface area contributed by atoms with Crippen molar-refractivity contribution < 1.29 is 19.4 Å². The van der Waals surface area contributed by atoms with Crippen molar-refractivity contribution in [2.75, 3.05) is 19.9 Å². The molecule has 1 fully saturated rings. The molecule has 0 aromatic heterocycles. The highest BCUT2D eigenvalue weighted by atomic mass is 32.1. The normalized spacial score (nSPS) is 21.0. The predicted molar refractivity (Wildman–Crippen MR) is 119 cm³/mol. The Morgan fingerprint density at radius 1 is 1.30 bits per heavy atom. The first-order chi connectivity index (χ1) is 12.7. The summed E-state index contributed by atoms with van der Waals surface area (Å²) in [6.07, 6.45) is 9.23. The van der Waals surface area contributed by atoms with Crippen LogP contribution in [0.15, 0.2) is 12.7 Å². The van der Waals surface area contributed by atoms with E-state index < -0.39 is 5.97 Å². The summed E-state index contributed by atoms with van der Waals surface area (Å²) in [4.78, 5) is 21.3. The fraction of sp³-hybridized carbons (Fsp3) is 0.810. The number of aliphatic carboxylic acids is 1. The van der Waals surface area contributed by atoms with Crippen LogP contribution in [0.4, 0.5) is 0 Å². The highest BCUT2D eigenvalue weighted by Crippen LogP contribution is 2.42. The van der Waals surface area contributed by atoms with E-state index in [1.165, 1.54) is 0 Å². The molecule has 1 amide bonds. The molecule has 0 saturated heterocycles. The van der Waals surface area contributed by atoms with E-state index in [9.17, 15) is 9.59 Å². The van der Waals surface area contributed by atoms with Crippen LogP contribution in [0.5, 0.6) is 0 Å². The van der Waals surface area contributed by atoms with Gasteiger partial charge in [0.15, 0.2) is 0 Å². The molecule has 5 nitrogen and oxygen atoms in total. The van der Waals surface area contributed by atoms with Crippen molar-refractivity contribution in [3.63, 3.8) is 0 Å². The molecule has 0 unspecified atom stereocenters. The van der Waals surface area contributed by atoms with Gasteiger partial charge in [-0.2, -0.15) is 12.6 Å². The van der Waals surface area contributed by atoms with Gasteiger partial charge < -0.3 is 15.2 Å². The van der Waals surface area contributed by atoms with E-state index in [0.29, 0.717) is 18.9 Å². The molecule has 2 N–H and O–H groups in total. The zero-order valence-corrected chi connectivity index (χ0v) is 19.4. The van der Waals surface area contributed by atoms with E-state index in [2.05, 4.69) is 24.5 Å². The molecular formula is C21H43NO4S. The Kier molecular flexibility index (Phi) is 20.9. The topological polar surface area (TPSA) is 75.6 Å². The van der Waals surface area contributed by atoms with Gasteiger partial charge in [0.25, 0.3) is 0 Å². The maximum absolute atomic E-state index is 10.9. The van der Waals surface area contributed by atoms with Crippen molar-refractivity contribution in [3.05, 3.63) is 12.7 Å². The molecule has 0 aliphatic heterocycles. The summed E-state index contributed by atoms with van der Waals surface area (Å²) in [7, 11) is 1.71. The molecule has 6 heteroatoms. The fourth-order valence-electron chi connectivity index (χ4n) is 2.76. The molecular weight excluding hydrogens is 362 g/mol. The molecule has 0 heterocycles. The Morgan fingerprint density at radius 3 is 2.04 bits per heavy atom. The van der Waals surface area contributed by atoms with Crippen LogP contribution in [0.25, 0.3) is 0 Å². The van der Waals surface area contributed by atoms with E-state index in [1.807, 2.05) is 40.7 Å². The summed E-state index contributed by atoms with van der Waals surface area (Å²) >= 11 is 3.53. The number of nitrogens with one attached hydrogen (secondary N) is 1. The number of carboxylic acid groups (broad SMARTS) is 1. The smallest absolute Gasteiger partial charge is 0.303 e. The zero-order chi connectivity index (χ0) is 21.9. The van der Waals surface area contributed by atoms with E-state index in [-0.39, 0.29) is 17.4 Å². The summed E-state index contributed by atoms with van der Waals surface area (Å²) in [5.74, 6) is -0.148. The molecule has 0 aromatic rings. The van der Waals surface area contributed by atoms with Crippen LogP contribution in [0.3, 0.4) is 0 Å². The minimum Gasteiger partial charge on any atom is -0.481 e. The Bertz CT molecular complexity index is 373. The zero-order valence-electron chi connectivity index (χ0n) is 18.5. The number of carboxylic acids is 1. The van der Waals surface area contributed by atoms with Crippen molar-refractivity contribution in [3.8, 4) is 0 Å². The number of hydrogen-bond acceptors (Lipinski definition) is 4. The predicted octanol–water partition coefficient (Wildman–Crippen LogP) is 4.96. The maximum Gasteiger partial charge on any atom is 0.303 e. The lowest BCUT2D eigenvalue weighted by atomic mass is 9.68. The number of carbonyl (C=O) groups is 2. The molecule has 27 heavy (non-hydrogen) atoms. The first-order valence-electron chi connectivity index (χ1n) is 9.67. The average molecular weight is 406 g/mol. The van der Waals surface area contributed by atoms with Crippen LogP contribution >= 0.6 is 12.6 Å². The molecule has 0 atom stereocenters. The molecule has 1 aliphatic rings. The number of hydrogen-bond donors (Lipinski definition) is 3. The molecule has 0 spiro atoms. The summed E-state index contributed by atoms with van der Waals surface area (Å²) in [6.45, 7) is 14.3. The van der Waals surface area contributed by atoms with E-state index >= 15 is 0 Å². The van der Waals surface area contributed by atoms with Crippen molar-refractivity contribution >= 4 is 25.0 Å². The molecule has 162 valence electrons. The Hall–Kier alpha value is -1.01. The van der Waals surface area contributed by atoms with Crippen LogP contribution in [-0.4, -0.2) is 43.0 Å². The van der Waals surface area contributed by atoms with Crippen LogP contribution in [0.2, 0.25) is 0 Å². The first-order valence-corrected chi connectivity index (χ1v) is 10.6. The molecule has 1 aliphatic carbocycles. The molecule has 0 bridgehead atoms. The van der Waals surface area contributed by atoms with Gasteiger partial charge in [-0.15, -0.1) is 6.58 Å². The lowest BCUT2D eigenvalue weighted by Crippen LogP contribution is -2.39. The minimum absolute atomic E-state index is 0.0417. The van der Waals surface area contributed by atoms with Crippen LogP contribution in [-0.2, 0) is 14.3 Å². The number of carbonyl (C=O) groups excluding carboxylic acids is 1. The Labute approximate surface area is 172 Å². The number of methoxy groups -OCH3 is 1. The quantitative estimate of drug-likeness (QED) is 0.318. The second-order valence-electron chi connectivity index (χ2n) is 7.35. The van der Waals surface area contributed by atoms with Crippen molar-refractivity contribution in [2.45, 2.75) is 78.7 Å². The highest BCUT2D eigenvalue weighted by molar-refractivity contribution is 7.79. The van der Waals surface area contributed by atoms with Gasteiger partial charge in [0.05, 0.1) is 12.0 Å². The van der Waals surface area contributed by atoms with Gasteiger partial charge >= 0.3 is 5.97 Å². The first kappa shape index (κ1) is 30.7. The summed E-state index contributed by atoms with van der Waals surface area (Å²) < 4.78 is 4.94. The van der Waals surface area contributed by atoms with E-state index in [4.69, 9.17) is 9.84 Å². The lowest BCUT2D eigenvalue weighted by molar-refractivity contribution is -0.140. The van der Waals surface area contributed by atoms with Gasteiger partial charge in [0.2, 0.25) is 6.41 Å². The van der Waals surface area contributed by atoms with Crippen LogP contribution in [0, 0.1) is 11.3 Å². The number of ether oxygens (including phenoxy) is 1. The van der Waals surface area contributed by atoms with Gasteiger partial charge in [-0.05, 0) is 70.5 Å². The standard InChI is InChI=1S/C13H21NO3.C5H12O.C2H6.CH4S/c1-2-3-11-4-6-13(7-5-11,8-12(16)17)9-14-10-15;1-5(2,3)6-4;2*1-2/h2,10-11H,1,3-9H2,(H,14,15)(H,16,17);1-4H3;1-2H3;2H,1H3. The summed E-state index contributed by atoms with van der Waals surface area (Å²) in [5.41, 5.74) is -0.204. The largest absolute Gasteiger partial charge is 0.481 e. The van der Waals surface area contributed by atoms with Gasteiger partial charge in [0.1, 0.15) is 0 Å². The molecule has 0 radical (unpaired) electrons. The number of amides is 1. The van der Waals surface area contributed by atoms with E-state index in [0.717, 1.165) is 32.1 Å². The molecule has 1 saturated carbocycles. The summed E-state index contributed by atoms with van der Waals surface area (Å²) in [6, 6.07) is 0. The third-order valence-corrected chi connectivity index (χ3v) is 4.36. The van der Waals surface area contributed by atoms with Gasteiger partial charge in [-0.3, -0.25) is 9.59 Å². The second kappa shape index (κ2) is 18.4. The average Bonchev–Trinajstić information content (AvgIpc) is 2.65. The number of thiol groups is 1. The SMILES string of the molecule is C=CCC1CCC(CNC=O)(CC(=O)O)CC1.CC.COC(C)(C)C.CS. The lowest BCUT2D eigenvalue weighted by Gasteiger charge is -2.39. The molecule has 1 rings (SSSR count). The van der Waals surface area contributed by atoms with Gasteiger partial charge in [-0.25, -0.2) is 0 Å². The van der Waals surface area contributed by atoms with Crippen LogP contribution < -0.4 is 5.32 Å². The number of allylic oxidation sites excluding steroid dienone is 1. The minimum atomic E-state index is -0.778. The third-order valence-electron chi connectivity index (χ3n) is 4.36. The monoisotopic (exact) mass is 405 g/mol.